The molecule has 80 valence electrons. The summed E-state index contributed by atoms with van der Waals surface area (Å²) in [7, 11) is 0. The van der Waals surface area contributed by atoms with Crippen LogP contribution in [0.4, 0.5) is 0 Å². The molecule has 2 rings (SSSR count). The molecule has 2 aliphatic heterocycles. The molecule has 2 fully saturated rings. The van der Waals surface area contributed by atoms with Crippen LogP contribution in [0.15, 0.2) is 0 Å². The van der Waals surface area contributed by atoms with E-state index >= 15 is 0 Å². The summed E-state index contributed by atoms with van der Waals surface area (Å²) in [5.74, 6) is 0.720. The number of carbonyl (C=O) groups excluding carboxylic acids is 1. The van der Waals surface area contributed by atoms with Gasteiger partial charge in [-0.15, -0.1) is 0 Å². The van der Waals surface area contributed by atoms with E-state index in [1.807, 2.05) is 4.90 Å². The molecule has 0 unspecified atom stereocenters. The highest BCUT2D eigenvalue weighted by Crippen LogP contribution is 2.43. The fourth-order valence-electron chi connectivity index (χ4n) is 2.61. The van der Waals surface area contributed by atoms with Gasteiger partial charge in [0.2, 0.25) is 5.91 Å². The normalized spacial score (nSPS) is 36.6. The maximum absolute atomic E-state index is 11.7. The van der Waals surface area contributed by atoms with Crippen molar-refractivity contribution in [1.82, 2.24) is 4.90 Å². The van der Waals surface area contributed by atoms with Crippen molar-refractivity contribution >= 4 is 5.91 Å². The highest BCUT2D eigenvalue weighted by molar-refractivity contribution is 5.80. The van der Waals surface area contributed by atoms with Crippen molar-refractivity contribution < 1.29 is 9.53 Å². The molecule has 3 heteroatoms. The molecule has 2 atom stereocenters. The fourth-order valence-corrected chi connectivity index (χ4v) is 2.61. The van der Waals surface area contributed by atoms with Crippen molar-refractivity contribution in [3.05, 3.63) is 0 Å². The summed E-state index contributed by atoms with van der Waals surface area (Å²) >= 11 is 0. The zero-order chi connectivity index (χ0) is 10.2. The fraction of sp³-hybridized carbons (Fsp3) is 0.909. The van der Waals surface area contributed by atoms with Crippen LogP contribution in [0.2, 0.25) is 0 Å². The lowest BCUT2D eigenvalue weighted by Gasteiger charge is -2.34. The lowest BCUT2D eigenvalue weighted by molar-refractivity contribution is -0.148. The molecule has 2 aliphatic rings. The first-order chi connectivity index (χ1) is 6.68. The first-order valence-electron chi connectivity index (χ1n) is 5.63. The molecule has 2 heterocycles. The van der Waals surface area contributed by atoms with Crippen molar-refractivity contribution in [1.29, 1.82) is 0 Å². The van der Waals surface area contributed by atoms with E-state index in [4.69, 9.17) is 4.74 Å². The predicted octanol–water partition coefficient (Wildman–Crippen LogP) is 1.77. The van der Waals surface area contributed by atoms with Crippen molar-refractivity contribution in [3.8, 4) is 0 Å². The van der Waals surface area contributed by atoms with Gasteiger partial charge in [0.05, 0.1) is 0 Å². The Hall–Kier alpha value is -0.570. The maximum atomic E-state index is 11.7. The van der Waals surface area contributed by atoms with E-state index in [9.17, 15) is 4.79 Å². The molecule has 0 aromatic carbocycles. The molecule has 0 saturated carbocycles. The summed E-state index contributed by atoms with van der Waals surface area (Å²) in [5, 5.41) is 0. The van der Waals surface area contributed by atoms with Crippen LogP contribution in [0, 0.1) is 5.92 Å². The zero-order valence-electron chi connectivity index (χ0n) is 9.08. The molecular weight excluding hydrogens is 178 g/mol. The van der Waals surface area contributed by atoms with E-state index in [1.54, 1.807) is 0 Å². The molecule has 0 bridgehead atoms. The predicted molar refractivity (Wildman–Crippen MR) is 53.7 cm³/mol. The Morgan fingerprint density at radius 2 is 2.43 bits per heavy atom. The Bertz CT molecular complexity index is 241. The monoisotopic (exact) mass is 197 g/mol. The van der Waals surface area contributed by atoms with E-state index in [1.165, 1.54) is 0 Å². The molecule has 0 aromatic rings. The van der Waals surface area contributed by atoms with Crippen molar-refractivity contribution in [3.63, 3.8) is 0 Å². The number of fused-ring (bicyclic) bond motifs is 1. The number of hydrogen-bond donors (Lipinski definition) is 0. The lowest BCUT2D eigenvalue weighted by atomic mass is 9.97. The van der Waals surface area contributed by atoms with Gasteiger partial charge in [-0.05, 0) is 19.8 Å². The van der Waals surface area contributed by atoms with Gasteiger partial charge in [-0.25, -0.2) is 0 Å². The van der Waals surface area contributed by atoms with Gasteiger partial charge < -0.3 is 9.64 Å². The van der Waals surface area contributed by atoms with Gasteiger partial charge in [-0.3, -0.25) is 4.79 Å². The third kappa shape index (κ3) is 1.34. The highest BCUT2D eigenvalue weighted by atomic mass is 16.5. The molecule has 3 nitrogen and oxygen atoms in total. The number of amides is 1. The van der Waals surface area contributed by atoms with E-state index in [0.29, 0.717) is 12.3 Å². The van der Waals surface area contributed by atoms with Crippen LogP contribution in [0.25, 0.3) is 0 Å². The van der Waals surface area contributed by atoms with Crippen LogP contribution >= 0.6 is 0 Å². The van der Waals surface area contributed by atoms with Crippen LogP contribution in [0.3, 0.4) is 0 Å². The van der Waals surface area contributed by atoms with Gasteiger partial charge in [-0.1, -0.05) is 13.3 Å². The Kier molecular flexibility index (Phi) is 2.52. The summed E-state index contributed by atoms with van der Waals surface area (Å²) in [6, 6.07) is 0. The van der Waals surface area contributed by atoms with Crippen LogP contribution in [-0.4, -0.2) is 29.7 Å². The number of rotatable bonds is 3. The smallest absolute Gasteiger partial charge is 0.225 e. The maximum Gasteiger partial charge on any atom is 0.225 e. The van der Waals surface area contributed by atoms with Gasteiger partial charge in [0.25, 0.3) is 0 Å². The lowest BCUT2D eigenvalue weighted by Crippen LogP contribution is -2.46. The Balaban J connectivity index is 2.09. The number of unbranched alkanes of at least 4 members (excludes halogenated alkanes) is 1. The van der Waals surface area contributed by atoms with Crippen LogP contribution in [0.5, 0.6) is 0 Å². The topological polar surface area (TPSA) is 29.5 Å². The summed E-state index contributed by atoms with van der Waals surface area (Å²) in [6.07, 6.45) is 3.95. The molecule has 1 amide bonds. The minimum absolute atomic E-state index is 0.272. The van der Waals surface area contributed by atoms with E-state index < -0.39 is 0 Å². The number of carbonyl (C=O) groups is 1. The van der Waals surface area contributed by atoms with Gasteiger partial charge in [-0.2, -0.15) is 0 Å². The third-order valence-electron chi connectivity index (χ3n) is 3.61. The Morgan fingerprint density at radius 3 is 3.14 bits per heavy atom. The Labute approximate surface area is 85.4 Å². The minimum Gasteiger partial charge on any atom is -0.356 e. The molecular formula is C11H19NO2. The largest absolute Gasteiger partial charge is 0.356 e. The van der Waals surface area contributed by atoms with Crippen LogP contribution in [-0.2, 0) is 9.53 Å². The second-order valence-electron chi connectivity index (χ2n) is 4.49. The first kappa shape index (κ1) is 9.97. The van der Waals surface area contributed by atoms with Crippen LogP contribution < -0.4 is 0 Å². The van der Waals surface area contributed by atoms with Crippen LogP contribution in [0.1, 0.15) is 39.5 Å². The van der Waals surface area contributed by atoms with E-state index in [2.05, 4.69) is 13.8 Å². The summed E-state index contributed by atoms with van der Waals surface area (Å²) < 4.78 is 5.75. The summed E-state index contributed by atoms with van der Waals surface area (Å²) in [5.41, 5.74) is -0.272. The van der Waals surface area contributed by atoms with E-state index in [0.717, 1.165) is 32.4 Å². The van der Waals surface area contributed by atoms with Crippen molar-refractivity contribution in [2.75, 3.05) is 13.2 Å². The van der Waals surface area contributed by atoms with Gasteiger partial charge >= 0.3 is 0 Å². The molecule has 0 spiro atoms. The average molecular weight is 197 g/mol. The summed E-state index contributed by atoms with van der Waals surface area (Å²) in [4.78, 5) is 13.7. The third-order valence-corrected chi connectivity index (χ3v) is 3.61. The number of hydrogen-bond acceptors (Lipinski definition) is 2. The van der Waals surface area contributed by atoms with Gasteiger partial charge in [0.15, 0.2) is 0 Å². The molecule has 0 aromatic heterocycles. The quantitative estimate of drug-likeness (QED) is 0.690. The van der Waals surface area contributed by atoms with Gasteiger partial charge in [0.1, 0.15) is 5.72 Å². The number of nitrogens with zero attached hydrogens (tertiary/aromatic N) is 1. The second kappa shape index (κ2) is 3.54. The zero-order valence-corrected chi connectivity index (χ0v) is 9.08. The molecule has 0 N–H and O–H groups in total. The second-order valence-corrected chi connectivity index (χ2v) is 4.49. The van der Waals surface area contributed by atoms with Gasteiger partial charge in [0, 0.05) is 25.5 Å². The SMILES string of the molecule is CCCCN1C(=O)C[C@@H]2CCO[C@@]21C. The highest BCUT2D eigenvalue weighted by Gasteiger charge is 2.52. The molecule has 14 heavy (non-hydrogen) atoms. The first-order valence-corrected chi connectivity index (χ1v) is 5.63. The van der Waals surface area contributed by atoms with Crippen molar-refractivity contribution in [2.24, 2.45) is 5.92 Å². The number of ether oxygens (including phenoxy) is 1. The summed E-state index contributed by atoms with van der Waals surface area (Å²) in [6.45, 7) is 5.90. The minimum atomic E-state index is -0.272. The number of likely N-dealkylation sites (tertiary alicyclic amines) is 1. The average Bonchev–Trinajstić information content (AvgIpc) is 2.58. The van der Waals surface area contributed by atoms with E-state index in [-0.39, 0.29) is 11.6 Å². The molecule has 2 saturated heterocycles. The van der Waals surface area contributed by atoms with Crippen molar-refractivity contribution in [2.45, 2.75) is 45.3 Å². The molecule has 0 radical (unpaired) electrons. The molecule has 0 aliphatic carbocycles. The standard InChI is InChI=1S/C11H19NO2/c1-3-4-6-12-10(13)8-9-5-7-14-11(9,12)2/h9H,3-8H2,1-2H3/t9-,11-/m0/s1. The Morgan fingerprint density at radius 1 is 1.64 bits per heavy atom.